The minimum absolute atomic E-state index is 0.339. The molecular formula is C22H23N3O4. The highest BCUT2D eigenvalue weighted by Gasteiger charge is 2.09. The summed E-state index contributed by atoms with van der Waals surface area (Å²) in [6, 6.07) is 16.3. The molecule has 1 aromatic heterocycles. The molecule has 0 radical (unpaired) electrons. The van der Waals surface area contributed by atoms with Gasteiger partial charge in [0.15, 0.2) is 0 Å². The minimum Gasteiger partial charge on any atom is -0.497 e. The van der Waals surface area contributed by atoms with Crippen LogP contribution in [0.3, 0.4) is 0 Å². The van der Waals surface area contributed by atoms with Crippen LogP contribution in [0.1, 0.15) is 11.1 Å². The molecule has 7 nitrogen and oxygen atoms in total. The standard InChI is InChI=1S/C22H23N3O4/c1-27-19-9-10-21(28-2)20(12-19)25-22(26)24-14-16-5-7-18(8-6-16)29-15-17-4-3-11-23-13-17/h3-13H,14-15H2,1-2H3,(H2,24,25,26). The van der Waals surface area contributed by atoms with Crippen molar-refractivity contribution in [2.75, 3.05) is 19.5 Å². The van der Waals surface area contributed by atoms with Gasteiger partial charge in [0.2, 0.25) is 0 Å². The minimum atomic E-state index is -0.339. The molecule has 150 valence electrons. The molecule has 0 aliphatic rings. The van der Waals surface area contributed by atoms with Crippen LogP contribution in [0.4, 0.5) is 10.5 Å². The Balaban J connectivity index is 1.50. The number of anilines is 1. The molecule has 0 spiro atoms. The van der Waals surface area contributed by atoms with Gasteiger partial charge in [-0.15, -0.1) is 0 Å². The second-order valence-electron chi connectivity index (χ2n) is 6.17. The van der Waals surface area contributed by atoms with E-state index >= 15 is 0 Å². The lowest BCUT2D eigenvalue weighted by Crippen LogP contribution is -2.28. The molecular weight excluding hydrogens is 370 g/mol. The summed E-state index contributed by atoms with van der Waals surface area (Å²) in [6.07, 6.45) is 3.50. The van der Waals surface area contributed by atoms with Gasteiger partial charge in [-0.3, -0.25) is 4.98 Å². The SMILES string of the molecule is COc1ccc(OC)c(NC(=O)NCc2ccc(OCc3cccnc3)cc2)c1. The Morgan fingerprint density at radius 1 is 0.966 bits per heavy atom. The number of rotatable bonds is 8. The topological polar surface area (TPSA) is 81.7 Å². The number of urea groups is 1. The molecule has 0 saturated carbocycles. The Hall–Kier alpha value is -3.74. The van der Waals surface area contributed by atoms with Gasteiger partial charge in [-0.2, -0.15) is 0 Å². The van der Waals surface area contributed by atoms with Crippen LogP contribution in [0.25, 0.3) is 0 Å². The zero-order valence-electron chi connectivity index (χ0n) is 16.3. The average molecular weight is 393 g/mol. The molecule has 3 aromatic rings. The van der Waals surface area contributed by atoms with Crippen molar-refractivity contribution in [2.45, 2.75) is 13.2 Å². The molecule has 0 aliphatic heterocycles. The van der Waals surface area contributed by atoms with Crippen molar-refractivity contribution in [1.29, 1.82) is 0 Å². The predicted octanol–water partition coefficient (Wildman–Crippen LogP) is 4.00. The van der Waals surface area contributed by atoms with Crippen molar-refractivity contribution < 1.29 is 19.0 Å². The molecule has 0 atom stereocenters. The first-order valence-electron chi connectivity index (χ1n) is 9.05. The van der Waals surface area contributed by atoms with Crippen LogP contribution in [-0.2, 0) is 13.2 Å². The van der Waals surface area contributed by atoms with Crippen LogP contribution in [0.5, 0.6) is 17.2 Å². The number of methoxy groups -OCH3 is 2. The maximum absolute atomic E-state index is 12.2. The van der Waals surface area contributed by atoms with E-state index in [0.29, 0.717) is 30.3 Å². The Morgan fingerprint density at radius 2 is 1.76 bits per heavy atom. The third kappa shape index (κ3) is 5.87. The van der Waals surface area contributed by atoms with Crippen LogP contribution in [0.2, 0.25) is 0 Å². The normalized spacial score (nSPS) is 10.1. The lowest BCUT2D eigenvalue weighted by atomic mass is 10.2. The maximum atomic E-state index is 12.2. The molecule has 0 bridgehead atoms. The van der Waals surface area contributed by atoms with Gasteiger partial charge in [-0.05, 0) is 35.9 Å². The summed E-state index contributed by atoms with van der Waals surface area (Å²) in [6.45, 7) is 0.831. The highest BCUT2D eigenvalue weighted by molar-refractivity contribution is 5.91. The molecule has 2 N–H and O–H groups in total. The number of carbonyl (C=O) groups is 1. The lowest BCUT2D eigenvalue weighted by molar-refractivity contribution is 0.251. The summed E-state index contributed by atoms with van der Waals surface area (Å²) in [5.41, 5.74) is 2.48. The first kappa shape index (κ1) is 20.0. The van der Waals surface area contributed by atoms with E-state index in [0.717, 1.165) is 16.9 Å². The Kier molecular flexibility index (Phi) is 6.89. The second-order valence-corrected chi connectivity index (χ2v) is 6.17. The number of nitrogens with one attached hydrogen (secondary N) is 2. The number of pyridine rings is 1. The maximum Gasteiger partial charge on any atom is 0.319 e. The van der Waals surface area contributed by atoms with E-state index in [-0.39, 0.29) is 6.03 Å². The van der Waals surface area contributed by atoms with Crippen LogP contribution in [0.15, 0.2) is 67.0 Å². The highest BCUT2D eigenvalue weighted by Crippen LogP contribution is 2.28. The van der Waals surface area contributed by atoms with Crippen molar-refractivity contribution >= 4 is 11.7 Å². The highest BCUT2D eigenvalue weighted by atomic mass is 16.5. The summed E-state index contributed by atoms with van der Waals surface area (Å²) in [5, 5.41) is 5.59. The molecule has 0 saturated heterocycles. The van der Waals surface area contributed by atoms with E-state index in [1.165, 1.54) is 0 Å². The number of amides is 2. The summed E-state index contributed by atoms with van der Waals surface area (Å²) in [7, 11) is 3.11. The fourth-order valence-corrected chi connectivity index (χ4v) is 2.61. The first-order valence-corrected chi connectivity index (χ1v) is 9.05. The molecule has 0 fully saturated rings. The number of ether oxygens (including phenoxy) is 3. The Labute approximate surface area is 169 Å². The molecule has 7 heteroatoms. The molecule has 29 heavy (non-hydrogen) atoms. The number of hydrogen-bond donors (Lipinski definition) is 2. The van der Waals surface area contributed by atoms with Crippen molar-refractivity contribution in [3.05, 3.63) is 78.1 Å². The van der Waals surface area contributed by atoms with E-state index in [2.05, 4.69) is 15.6 Å². The van der Waals surface area contributed by atoms with Gasteiger partial charge in [-0.1, -0.05) is 18.2 Å². The van der Waals surface area contributed by atoms with Gasteiger partial charge in [0.05, 0.1) is 19.9 Å². The molecule has 3 rings (SSSR count). The molecule has 2 amide bonds. The summed E-state index contributed by atoms with van der Waals surface area (Å²) in [5.74, 6) is 1.93. The van der Waals surface area contributed by atoms with Gasteiger partial charge in [-0.25, -0.2) is 4.79 Å². The van der Waals surface area contributed by atoms with Gasteiger partial charge in [0.1, 0.15) is 23.9 Å². The zero-order valence-corrected chi connectivity index (χ0v) is 16.3. The van der Waals surface area contributed by atoms with E-state index in [1.807, 2.05) is 36.4 Å². The first-order chi connectivity index (χ1) is 14.2. The number of benzene rings is 2. The molecule has 1 heterocycles. The molecule has 2 aromatic carbocycles. The quantitative estimate of drug-likeness (QED) is 0.605. The van der Waals surface area contributed by atoms with E-state index in [4.69, 9.17) is 14.2 Å². The van der Waals surface area contributed by atoms with E-state index < -0.39 is 0 Å². The smallest absolute Gasteiger partial charge is 0.319 e. The number of nitrogens with zero attached hydrogens (tertiary/aromatic N) is 1. The van der Waals surface area contributed by atoms with Gasteiger partial charge < -0.3 is 24.8 Å². The van der Waals surface area contributed by atoms with Crippen LogP contribution in [0, 0.1) is 0 Å². The number of carbonyl (C=O) groups excluding carboxylic acids is 1. The predicted molar refractivity (Wildman–Crippen MR) is 110 cm³/mol. The third-order valence-electron chi connectivity index (χ3n) is 4.16. The molecule has 0 aliphatic carbocycles. The fourth-order valence-electron chi connectivity index (χ4n) is 2.61. The second kappa shape index (κ2) is 9.98. The van der Waals surface area contributed by atoms with Crippen LogP contribution in [-0.4, -0.2) is 25.2 Å². The lowest BCUT2D eigenvalue weighted by Gasteiger charge is -2.13. The van der Waals surface area contributed by atoms with Crippen molar-refractivity contribution in [3.63, 3.8) is 0 Å². The van der Waals surface area contributed by atoms with Crippen LogP contribution < -0.4 is 24.8 Å². The summed E-state index contributed by atoms with van der Waals surface area (Å²) < 4.78 is 16.2. The zero-order chi connectivity index (χ0) is 20.5. The summed E-state index contributed by atoms with van der Waals surface area (Å²) in [4.78, 5) is 16.3. The van der Waals surface area contributed by atoms with Crippen molar-refractivity contribution in [1.82, 2.24) is 10.3 Å². The summed E-state index contributed by atoms with van der Waals surface area (Å²) >= 11 is 0. The third-order valence-corrected chi connectivity index (χ3v) is 4.16. The fraction of sp³-hybridized carbons (Fsp3) is 0.182. The van der Waals surface area contributed by atoms with Gasteiger partial charge >= 0.3 is 6.03 Å². The number of hydrogen-bond acceptors (Lipinski definition) is 5. The average Bonchev–Trinajstić information content (AvgIpc) is 2.77. The van der Waals surface area contributed by atoms with Crippen molar-refractivity contribution in [2.24, 2.45) is 0 Å². The molecule has 0 unspecified atom stereocenters. The monoisotopic (exact) mass is 393 g/mol. The van der Waals surface area contributed by atoms with Crippen molar-refractivity contribution in [3.8, 4) is 17.2 Å². The Morgan fingerprint density at radius 3 is 2.45 bits per heavy atom. The largest absolute Gasteiger partial charge is 0.497 e. The van der Waals surface area contributed by atoms with Gasteiger partial charge in [0, 0.05) is 30.6 Å². The van der Waals surface area contributed by atoms with E-state index in [9.17, 15) is 4.79 Å². The number of aromatic nitrogens is 1. The van der Waals surface area contributed by atoms with Gasteiger partial charge in [0.25, 0.3) is 0 Å². The van der Waals surface area contributed by atoms with E-state index in [1.54, 1.807) is 44.8 Å². The Bertz CT molecular complexity index is 931. The van der Waals surface area contributed by atoms with Crippen LogP contribution >= 0.6 is 0 Å².